The fourth-order valence-corrected chi connectivity index (χ4v) is 2.91. The maximum absolute atomic E-state index is 12.9. The summed E-state index contributed by atoms with van der Waals surface area (Å²) in [6.45, 7) is 0.722. The van der Waals surface area contributed by atoms with Crippen molar-refractivity contribution in [1.82, 2.24) is 9.88 Å². The van der Waals surface area contributed by atoms with Crippen LogP contribution in [-0.4, -0.2) is 41.0 Å². The van der Waals surface area contributed by atoms with Crippen molar-refractivity contribution in [3.63, 3.8) is 0 Å². The zero-order valence-electron chi connectivity index (χ0n) is 13.7. The summed E-state index contributed by atoms with van der Waals surface area (Å²) in [5.41, 5.74) is 1.22. The van der Waals surface area contributed by atoms with Crippen molar-refractivity contribution in [2.45, 2.75) is 25.3 Å². The van der Waals surface area contributed by atoms with E-state index in [9.17, 15) is 14.0 Å². The van der Waals surface area contributed by atoms with Crippen LogP contribution in [0, 0.1) is 5.82 Å². The van der Waals surface area contributed by atoms with Crippen LogP contribution in [-0.2, 0) is 16.0 Å². The number of halogens is 1. The maximum Gasteiger partial charge on any atom is 0.328 e. The molecule has 3 rings (SSSR count). The highest BCUT2D eigenvalue weighted by Gasteiger charge is 2.36. The number of aromatic nitrogens is 1. The lowest BCUT2D eigenvalue weighted by molar-refractivity contribution is -0.148. The van der Waals surface area contributed by atoms with E-state index in [1.807, 2.05) is 0 Å². The van der Waals surface area contributed by atoms with Gasteiger partial charge < -0.3 is 9.64 Å². The summed E-state index contributed by atoms with van der Waals surface area (Å²) in [4.78, 5) is 30.4. The van der Waals surface area contributed by atoms with Crippen molar-refractivity contribution in [1.29, 1.82) is 0 Å². The van der Waals surface area contributed by atoms with Crippen molar-refractivity contribution in [2.24, 2.45) is 0 Å². The van der Waals surface area contributed by atoms with Gasteiger partial charge in [-0.25, -0.2) is 9.18 Å². The van der Waals surface area contributed by atoms with Gasteiger partial charge in [0.1, 0.15) is 17.6 Å². The van der Waals surface area contributed by atoms with Crippen molar-refractivity contribution in [2.75, 3.05) is 13.2 Å². The SMILES string of the molecule is O=C(OCCc1ccc(F)cc1)[C@@H]1CCCN1C(=O)c1ccccn1. The lowest BCUT2D eigenvalue weighted by Crippen LogP contribution is -2.41. The topological polar surface area (TPSA) is 59.5 Å². The van der Waals surface area contributed by atoms with Gasteiger partial charge >= 0.3 is 5.97 Å². The molecule has 5 nitrogen and oxygen atoms in total. The number of rotatable bonds is 5. The van der Waals surface area contributed by atoms with Gasteiger partial charge in [0, 0.05) is 19.2 Å². The largest absolute Gasteiger partial charge is 0.464 e. The van der Waals surface area contributed by atoms with E-state index in [2.05, 4.69) is 4.98 Å². The highest BCUT2D eigenvalue weighted by atomic mass is 19.1. The van der Waals surface area contributed by atoms with Gasteiger partial charge in [-0.3, -0.25) is 9.78 Å². The number of benzene rings is 1. The van der Waals surface area contributed by atoms with Gasteiger partial charge in [0.15, 0.2) is 0 Å². The molecule has 0 spiro atoms. The number of carbonyl (C=O) groups is 2. The molecule has 25 heavy (non-hydrogen) atoms. The van der Waals surface area contributed by atoms with Gasteiger partial charge in [-0.2, -0.15) is 0 Å². The maximum atomic E-state index is 12.9. The van der Waals surface area contributed by atoms with Gasteiger partial charge in [0.2, 0.25) is 0 Å². The highest BCUT2D eigenvalue weighted by molar-refractivity contribution is 5.95. The van der Waals surface area contributed by atoms with E-state index >= 15 is 0 Å². The molecular formula is C19H19FN2O3. The van der Waals surface area contributed by atoms with E-state index in [1.54, 1.807) is 36.5 Å². The molecule has 1 aromatic carbocycles. The third-order valence-electron chi connectivity index (χ3n) is 4.22. The van der Waals surface area contributed by atoms with Crippen LogP contribution < -0.4 is 0 Å². The predicted molar refractivity (Wildman–Crippen MR) is 89.4 cm³/mol. The molecule has 1 saturated heterocycles. The van der Waals surface area contributed by atoms with Crippen LogP contribution in [0.15, 0.2) is 48.7 Å². The van der Waals surface area contributed by atoms with Crippen LogP contribution in [0.2, 0.25) is 0 Å². The number of hydrogen-bond acceptors (Lipinski definition) is 4. The molecule has 0 N–H and O–H groups in total. The molecular weight excluding hydrogens is 323 g/mol. The molecule has 1 atom stereocenters. The Kier molecular flexibility index (Phi) is 5.38. The van der Waals surface area contributed by atoms with Crippen LogP contribution in [0.1, 0.15) is 28.9 Å². The van der Waals surface area contributed by atoms with E-state index in [0.29, 0.717) is 25.1 Å². The number of nitrogens with zero attached hydrogens (tertiary/aromatic N) is 2. The van der Waals surface area contributed by atoms with Gasteiger partial charge in [-0.05, 0) is 42.7 Å². The number of pyridine rings is 1. The Bertz CT molecular complexity index is 734. The van der Waals surface area contributed by atoms with Crippen molar-refractivity contribution in [3.8, 4) is 0 Å². The van der Waals surface area contributed by atoms with E-state index in [4.69, 9.17) is 4.74 Å². The fraction of sp³-hybridized carbons (Fsp3) is 0.316. The zero-order chi connectivity index (χ0) is 17.6. The second-order valence-corrected chi connectivity index (χ2v) is 5.92. The van der Waals surface area contributed by atoms with Crippen LogP contribution in [0.4, 0.5) is 4.39 Å². The smallest absolute Gasteiger partial charge is 0.328 e. The first-order valence-corrected chi connectivity index (χ1v) is 8.28. The summed E-state index contributed by atoms with van der Waals surface area (Å²) in [6.07, 6.45) is 3.41. The Hall–Kier alpha value is -2.76. The lowest BCUT2D eigenvalue weighted by Gasteiger charge is -2.22. The molecule has 0 aliphatic carbocycles. The van der Waals surface area contributed by atoms with E-state index < -0.39 is 12.0 Å². The van der Waals surface area contributed by atoms with E-state index in [1.165, 1.54) is 17.0 Å². The molecule has 0 saturated carbocycles. The minimum Gasteiger partial charge on any atom is -0.464 e. The average molecular weight is 342 g/mol. The van der Waals surface area contributed by atoms with Gasteiger partial charge in [0.05, 0.1) is 6.61 Å². The Morgan fingerprint density at radius 2 is 2.00 bits per heavy atom. The van der Waals surface area contributed by atoms with E-state index in [0.717, 1.165) is 12.0 Å². The fourth-order valence-electron chi connectivity index (χ4n) is 2.91. The number of likely N-dealkylation sites (tertiary alicyclic amines) is 1. The molecule has 1 amide bonds. The summed E-state index contributed by atoms with van der Waals surface area (Å²) in [5.74, 6) is -0.946. The zero-order valence-corrected chi connectivity index (χ0v) is 13.7. The average Bonchev–Trinajstić information content (AvgIpc) is 3.13. The highest BCUT2D eigenvalue weighted by Crippen LogP contribution is 2.20. The first kappa shape index (κ1) is 17.1. The molecule has 1 aliphatic rings. The summed E-state index contributed by atoms with van der Waals surface area (Å²) >= 11 is 0. The van der Waals surface area contributed by atoms with Gasteiger partial charge in [-0.1, -0.05) is 18.2 Å². The Balaban J connectivity index is 1.55. The Morgan fingerprint density at radius 1 is 1.20 bits per heavy atom. The van der Waals surface area contributed by atoms with Gasteiger partial charge in [-0.15, -0.1) is 0 Å². The predicted octanol–water partition coefficient (Wildman–Crippen LogP) is 2.61. The molecule has 2 heterocycles. The molecule has 0 unspecified atom stereocenters. The summed E-state index contributed by atoms with van der Waals surface area (Å²) < 4.78 is 18.2. The van der Waals surface area contributed by atoms with Crippen LogP contribution >= 0.6 is 0 Å². The first-order chi connectivity index (χ1) is 12.1. The number of amides is 1. The first-order valence-electron chi connectivity index (χ1n) is 8.28. The van der Waals surface area contributed by atoms with Crippen LogP contribution in [0.25, 0.3) is 0 Å². The van der Waals surface area contributed by atoms with Crippen molar-refractivity contribution in [3.05, 3.63) is 65.7 Å². The lowest BCUT2D eigenvalue weighted by atomic mass is 10.1. The molecule has 0 radical (unpaired) electrons. The monoisotopic (exact) mass is 342 g/mol. The minimum atomic E-state index is -0.567. The summed E-state index contributed by atoms with van der Waals surface area (Å²) in [5, 5.41) is 0. The van der Waals surface area contributed by atoms with Gasteiger partial charge in [0.25, 0.3) is 5.91 Å². The second-order valence-electron chi connectivity index (χ2n) is 5.92. The number of hydrogen-bond donors (Lipinski definition) is 0. The summed E-state index contributed by atoms with van der Waals surface area (Å²) in [6, 6.07) is 10.6. The quantitative estimate of drug-likeness (QED) is 0.784. The van der Waals surface area contributed by atoms with Crippen molar-refractivity contribution < 1.29 is 18.7 Å². The molecule has 0 bridgehead atoms. The normalized spacial score (nSPS) is 16.7. The number of ether oxygens (including phenoxy) is 1. The van der Waals surface area contributed by atoms with Crippen LogP contribution in [0.3, 0.4) is 0 Å². The summed E-state index contributed by atoms with van der Waals surface area (Å²) in [7, 11) is 0. The number of esters is 1. The second kappa shape index (κ2) is 7.88. The Morgan fingerprint density at radius 3 is 2.72 bits per heavy atom. The molecule has 1 fully saturated rings. The molecule has 2 aromatic rings. The Labute approximate surface area is 145 Å². The number of carbonyl (C=O) groups excluding carboxylic acids is 2. The molecule has 1 aliphatic heterocycles. The third-order valence-corrected chi connectivity index (χ3v) is 4.22. The molecule has 6 heteroatoms. The standard InChI is InChI=1S/C19H19FN2O3/c20-15-8-6-14(7-9-15)10-13-25-19(24)17-5-3-12-22(17)18(23)16-4-1-2-11-21-16/h1-2,4,6-9,11,17H,3,5,10,12-13H2/t17-/m0/s1. The van der Waals surface area contributed by atoms with Crippen molar-refractivity contribution >= 4 is 11.9 Å². The van der Waals surface area contributed by atoms with Crippen LogP contribution in [0.5, 0.6) is 0 Å². The minimum absolute atomic E-state index is 0.201. The molecule has 130 valence electrons. The van der Waals surface area contributed by atoms with E-state index in [-0.39, 0.29) is 18.3 Å². The third kappa shape index (κ3) is 4.21. The molecule has 1 aromatic heterocycles.